The van der Waals surface area contributed by atoms with Crippen LogP contribution in [-0.4, -0.2) is 49.8 Å². The molecule has 0 radical (unpaired) electrons. The van der Waals surface area contributed by atoms with Crippen LogP contribution in [0, 0.1) is 5.92 Å². The molecule has 3 fully saturated rings. The van der Waals surface area contributed by atoms with E-state index < -0.39 is 0 Å². The Morgan fingerprint density at radius 2 is 1.74 bits per heavy atom. The summed E-state index contributed by atoms with van der Waals surface area (Å²) in [5, 5.41) is 3.40. The van der Waals surface area contributed by atoms with Gasteiger partial charge in [-0.15, -0.1) is 0 Å². The highest BCUT2D eigenvalue weighted by Gasteiger charge is 2.32. The van der Waals surface area contributed by atoms with Gasteiger partial charge in [-0.2, -0.15) is 0 Å². The Bertz CT molecular complexity index is 259. The van der Waals surface area contributed by atoms with E-state index >= 15 is 0 Å². The van der Waals surface area contributed by atoms with Gasteiger partial charge in [-0.1, -0.05) is 12.8 Å². The lowest BCUT2D eigenvalue weighted by atomic mass is 9.96. The molecule has 3 aliphatic rings. The first-order chi connectivity index (χ1) is 9.43. The minimum atomic E-state index is 0.522. The third kappa shape index (κ3) is 3.71. The monoisotopic (exact) mass is 266 g/mol. The first-order valence-corrected chi connectivity index (χ1v) is 8.50. The summed E-state index contributed by atoms with van der Waals surface area (Å²) in [5.41, 5.74) is 0. The standard InChI is InChI=1S/C16H30N2O/c1-2-5-14(4-1)16-6-3-11-18(16)12-13-19-15-7-9-17-10-8-15/h14-17H,1-13H2. The van der Waals surface area contributed by atoms with Crippen molar-refractivity contribution >= 4 is 0 Å². The van der Waals surface area contributed by atoms with Gasteiger partial charge in [-0.3, -0.25) is 4.90 Å². The van der Waals surface area contributed by atoms with Gasteiger partial charge in [0, 0.05) is 12.6 Å². The van der Waals surface area contributed by atoms with Crippen LogP contribution in [0.4, 0.5) is 0 Å². The van der Waals surface area contributed by atoms with E-state index in [1.54, 1.807) is 0 Å². The van der Waals surface area contributed by atoms with Crippen molar-refractivity contribution in [1.82, 2.24) is 10.2 Å². The number of ether oxygens (including phenoxy) is 1. The Morgan fingerprint density at radius 3 is 2.53 bits per heavy atom. The number of hydrogen-bond donors (Lipinski definition) is 1. The van der Waals surface area contributed by atoms with E-state index in [0.717, 1.165) is 31.7 Å². The van der Waals surface area contributed by atoms with Crippen LogP contribution >= 0.6 is 0 Å². The maximum Gasteiger partial charge on any atom is 0.0600 e. The number of rotatable bonds is 5. The zero-order valence-corrected chi connectivity index (χ0v) is 12.3. The van der Waals surface area contributed by atoms with Crippen LogP contribution in [0.3, 0.4) is 0 Å². The van der Waals surface area contributed by atoms with E-state index in [1.165, 1.54) is 64.5 Å². The molecule has 19 heavy (non-hydrogen) atoms. The molecular formula is C16H30N2O. The van der Waals surface area contributed by atoms with Gasteiger partial charge in [0.25, 0.3) is 0 Å². The molecule has 0 spiro atoms. The molecule has 3 rings (SSSR count). The first-order valence-electron chi connectivity index (χ1n) is 8.50. The largest absolute Gasteiger partial charge is 0.377 e. The lowest BCUT2D eigenvalue weighted by molar-refractivity contribution is 0.0152. The fraction of sp³-hybridized carbons (Fsp3) is 1.00. The van der Waals surface area contributed by atoms with Gasteiger partial charge >= 0.3 is 0 Å². The maximum absolute atomic E-state index is 6.07. The van der Waals surface area contributed by atoms with E-state index in [1.807, 2.05) is 0 Å². The smallest absolute Gasteiger partial charge is 0.0600 e. The Kier molecular flexibility index (Phi) is 5.14. The molecule has 1 unspecified atom stereocenters. The molecule has 2 aliphatic heterocycles. The van der Waals surface area contributed by atoms with E-state index in [-0.39, 0.29) is 0 Å². The van der Waals surface area contributed by atoms with Crippen LogP contribution in [0.15, 0.2) is 0 Å². The van der Waals surface area contributed by atoms with E-state index in [2.05, 4.69) is 10.2 Å². The van der Waals surface area contributed by atoms with Crippen LogP contribution in [0.5, 0.6) is 0 Å². The normalized spacial score (nSPS) is 31.3. The van der Waals surface area contributed by atoms with Gasteiger partial charge < -0.3 is 10.1 Å². The van der Waals surface area contributed by atoms with Crippen molar-refractivity contribution in [2.75, 3.05) is 32.8 Å². The summed E-state index contributed by atoms with van der Waals surface area (Å²) in [6, 6.07) is 0.888. The SMILES string of the molecule is C1CCC(C2CCCN2CCOC2CCNCC2)C1. The minimum Gasteiger partial charge on any atom is -0.377 e. The molecule has 2 saturated heterocycles. The summed E-state index contributed by atoms with van der Waals surface area (Å²) < 4.78 is 6.07. The molecule has 110 valence electrons. The number of hydrogen-bond acceptors (Lipinski definition) is 3. The zero-order valence-electron chi connectivity index (χ0n) is 12.3. The third-order valence-electron chi connectivity index (χ3n) is 5.38. The molecular weight excluding hydrogens is 236 g/mol. The lowest BCUT2D eigenvalue weighted by Crippen LogP contribution is -2.38. The molecule has 1 saturated carbocycles. The lowest BCUT2D eigenvalue weighted by Gasteiger charge is -2.30. The number of nitrogens with zero attached hydrogens (tertiary/aromatic N) is 1. The average molecular weight is 266 g/mol. The van der Waals surface area contributed by atoms with Crippen molar-refractivity contribution in [1.29, 1.82) is 0 Å². The second kappa shape index (κ2) is 7.05. The van der Waals surface area contributed by atoms with Crippen molar-refractivity contribution in [2.24, 2.45) is 5.92 Å². The molecule has 3 heteroatoms. The summed E-state index contributed by atoms with van der Waals surface area (Å²) in [6.45, 7) is 5.72. The second-order valence-electron chi connectivity index (χ2n) is 6.61. The highest BCUT2D eigenvalue weighted by Crippen LogP contribution is 2.35. The van der Waals surface area contributed by atoms with E-state index in [4.69, 9.17) is 4.74 Å². The quantitative estimate of drug-likeness (QED) is 0.827. The molecule has 0 bridgehead atoms. The summed E-state index contributed by atoms with van der Waals surface area (Å²) in [4.78, 5) is 2.73. The number of nitrogens with one attached hydrogen (secondary N) is 1. The molecule has 2 heterocycles. The Hall–Kier alpha value is -0.120. The summed E-state index contributed by atoms with van der Waals surface area (Å²) in [7, 11) is 0. The minimum absolute atomic E-state index is 0.522. The van der Waals surface area contributed by atoms with Gasteiger partial charge in [-0.05, 0) is 64.1 Å². The van der Waals surface area contributed by atoms with Crippen molar-refractivity contribution in [3.05, 3.63) is 0 Å². The maximum atomic E-state index is 6.07. The summed E-state index contributed by atoms with van der Waals surface area (Å²) in [5.74, 6) is 1.00. The Morgan fingerprint density at radius 1 is 0.947 bits per heavy atom. The van der Waals surface area contributed by atoms with Crippen LogP contribution < -0.4 is 5.32 Å². The van der Waals surface area contributed by atoms with Gasteiger partial charge in [0.1, 0.15) is 0 Å². The van der Waals surface area contributed by atoms with Crippen LogP contribution in [-0.2, 0) is 4.74 Å². The fourth-order valence-electron chi connectivity index (χ4n) is 4.30. The Labute approximate surface area is 118 Å². The average Bonchev–Trinajstić information content (AvgIpc) is 3.10. The predicted molar refractivity (Wildman–Crippen MR) is 78.4 cm³/mol. The molecule has 0 aromatic carbocycles. The van der Waals surface area contributed by atoms with Crippen LogP contribution in [0.25, 0.3) is 0 Å². The third-order valence-corrected chi connectivity index (χ3v) is 5.38. The van der Waals surface area contributed by atoms with E-state index in [9.17, 15) is 0 Å². The first kappa shape index (κ1) is 13.8. The number of likely N-dealkylation sites (tertiary alicyclic amines) is 1. The van der Waals surface area contributed by atoms with E-state index in [0.29, 0.717) is 6.10 Å². The number of piperidine rings is 1. The van der Waals surface area contributed by atoms with Gasteiger partial charge in [0.05, 0.1) is 12.7 Å². The molecule has 0 amide bonds. The van der Waals surface area contributed by atoms with Gasteiger partial charge in [0.15, 0.2) is 0 Å². The van der Waals surface area contributed by atoms with Crippen LogP contribution in [0.1, 0.15) is 51.4 Å². The van der Waals surface area contributed by atoms with Crippen molar-refractivity contribution in [3.8, 4) is 0 Å². The topological polar surface area (TPSA) is 24.5 Å². The second-order valence-corrected chi connectivity index (χ2v) is 6.61. The van der Waals surface area contributed by atoms with Crippen LogP contribution in [0.2, 0.25) is 0 Å². The molecule has 3 nitrogen and oxygen atoms in total. The zero-order chi connectivity index (χ0) is 12.9. The van der Waals surface area contributed by atoms with Crippen molar-refractivity contribution < 1.29 is 4.74 Å². The summed E-state index contributed by atoms with van der Waals surface area (Å²) in [6.07, 6.45) is 11.7. The fourth-order valence-corrected chi connectivity index (χ4v) is 4.30. The van der Waals surface area contributed by atoms with Gasteiger partial charge in [0.2, 0.25) is 0 Å². The predicted octanol–water partition coefficient (Wildman–Crippen LogP) is 2.41. The summed E-state index contributed by atoms with van der Waals surface area (Å²) >= 11 is 0. The van der Waals surface area contributed by atoms with Crippen molar-refractivity contribution in [2.45, 2.75) is 63.5 Å². The highest BCUT2D eigenvalue weighted by atomic mass is 16.5. The molecule has 1 atom stereocenters. The molecule has 0 aromatic rings. The van der Waals surface area contributed by atoms with Gasteiger partial charge in [-0.25, -0.2) is 0 Å². The van der Waals surface area contributed by atoms with Crippen molar-refractivity contribution in [3.63, 3.8) is 0 Å². The Balaban J connectivity index is 1.38. The molecule has 1 aliphatic carbocycles. The molecule has 1 N–H and O–H groups in total. The molecule has 0 aromatic heterocycles. The highest BCUT2D eigenvalue weighted by molar-refractivity contribution is 4.87.